The van der Waals surface area contributed by atoms with Gasteiger partial charge in [0.05, 0.1) is 6.61 Å². The maximum absolute atomic E-state index is 11.4. The minimum Gasteiger partial charge on any atom is -0.465 e. The molecule has 0 amide bonds. The van der Waals surface area contributed by atoms with Crippen molar-refractivity contribution < 1.29 is 19.1 Å². The predicted octanol–water partition coefficient (Wildman–Crippen LogP) is 1.68. The maximum atomic E-state index is 11.4. The van der Waals surface area contributed by atoms with E-state index < -0.39 is 5.97 Å². The fourth-order valence-corrected chi connectivity index (χ4v) is 1.16. The fourth-order valence-electron chi connectivity index (χ4n) is 1.16. The second-order valence-corrected chi connectivity index (χ2v) is 3.93. The Morgan fingerprint density at radius 3 is 2.25 bits per heavy atom. The van der Waals surface area contributed by atoms with Crippen molar-refractivity contribution in [2.24, 2.45) is 5.92 Å². The molecule has 0 heterocycles. The van der Waals surface area contributed by atoms with Gasteiger partial charge in [0.25, 0.3) is 0 Å². The number of allylic oxidation sites excluding steroid dienone is 1. The fraction of sp³-hybridized carbons (Fsp3) is 0.583. The molecule has 0 aliphatic heterocycles. The molecule has 0 bridgehead atoms. The number of ketones is 2. The van der Waals surface area contributed by atoms with E-state index >= 15 is 0 Å². The van der Waals surface area contributed by atoms with Crippen LogP contribution >= 0.6 is 0 Å². The number of rotatable bonds is 7. The predicted molar refractivity (Wildman–Crippen MR) is 59.9 cm³/mol. The zero-order valence-electron chi connectivity index (χ0n) is 10.0. The molecule has 0 saturated carbocycles. The summed E-state index contributed by atoms with van der Waals surface area (Å²) in [5, 5.41) is 0. The SMILES string of the molecule is C=C(C)C(=O)C(C)CCOC(=O)CC(C)=O. The van der Waals surface area contributed by atoms with Gasteiger partial charge in [-0.25, -0.2) is 0 Å². The van der Waals surface area contributed by atoms with Crippen molar-refractivity contribution in [3.05, 3.63) is 12.2 Å². The molecule has 4 nitrogen and oxygen atoms in total. The summed E-state index contributed by atoms with van der Waals surface area (Å²) < 4.78 is 4.81. The molecule has 0 rings (SSSR count). The summed E-state index contributed by atoms with van der Waals surface area (Å²) in [6.45, 7) is 8.46. The Balaban J connectivity index is 3.82. The van der Waals surface area contributed by atoms with Crippen LogP contribution in [0.4, 0.5) is 0 Å². The van der Waals surface area contributed by atoms with Crippen molar-refractivity contribution in [1.29, 1.82) is 0 Å². The van der Waals surface area contributed by atoms with Crippen LogP contribution in [-0.2, 0) is 19.1 Å². The Hall–Kier alpha value is -1.45. The van der Waals surface area contributed by atoms with Gasteiger partial charge in [0.15, 0.2) is 5.78 Å². The van der Waals surface area contributed by atoms with Crippen LogP contribution in [0.3, 0.4) is 0 Å². The Morgan fingerprint density at radius 2 is 1.81 bits per heavy atom. The van der Waals surface area contributed by atoms with E-state index in [0.717, 1.165) is 0 Å². The number of hydrogen-bond donors (Lipinski definition) is 0. The molecule has 0 saturated heterocycles. The van der Waals surface area contributed by atoms with Gasteiger partial charge in [0, 0.05) is 5.92 Å². The Labute approximate surface area is 95.7 Å². The minimum atomic E-state index is -0.539. The molecule has 1 atom stereocenters. The molecule has 0 aromatic carbocycles. The number of Topliss-reactive ketones (excluding diaryl/α,β-unsaturated/α-hetero) is 2. The number of carbonyl (C=O) groups is 3. The molecular weight excluding hydrogens is 208 g/mol. The molecule has 0 aliphatic rings. The third-order valence-electron chi connectivity index (χ3n) is 2.08. The van der Waals surface area contributed by atoms with Gasteiger partial charge in [-0.2, -0.15) is 0 Å². The lowest BCUT2D eigenvalue weighted by atomic mass is 9.99. The van der Waals surface area contributed by atoms with Crippen LogP contribution in [0.1, 0.15) is 33.6 Å². The van der Waals surface area contributed by atoms with Crippen LogP contribution in [0.5, 0.6) is 0 Å². The monoisotopic (exact) mass is 226 g/mol. The van der Waals surface area contributed by atoms with Crippen molar-refractivity contribution in [2.75, 3.05) is 6.61 Å². The molecule has 1 unspecified atom stereocenters. The average Bonchev–Trinajstić information content (AvgIpc) is 2.14. The van der Waals surface area contributed by atoms with Gasteiger partial charge in [-0.05, 0) is 25.8 Å². The molecule has 0 aromatic rings. The molecule has 16 heavy (non-hydrogen) atoms. The summed E-state index contributed by atoms with van der Waals surface area (Å²) in [5.74, 6) is -0.997. The van der Waals surface area contributed by atoms with E-state index in [1.807, 2.05) is 0 Å². The Kier molecular flexibility index (Phi) is 6.30. The van der Waals surface area contributed by atoms with Crippen molar-refractivity contribution >= 4 is 17.5 Å². The molecule has 0 aliphatic carbocycles. The zero-order valence-corrected chi connectivity index (χ0v) is 10.0. The molecule has 0 spiro atoms. The summed E-state index contributed by atoms with van der Waals surface area (Å²) in [5.41, 5.74) is 0.502. The molecule has 0 radical (unpaired) electrons. The van der Waals surface area contributed by atoms with E-state index in [-0.39, 0.29) is 30.5 Å². The lowest BCUT2D eigenvalue weighted by molar-refractivity contribution is -0.146. The third-order valence-corrected chi connectivity index (χ3v) is 2.08. The van der Waals surface area contributed by atoms with Crippen molar-refractivity contribution in [3.63, 3.8) is 0 Å². The van der Waals surface area contributed by atoms with E-state index in [1.165, 1.54) is 6.92 Å². The van der Waals surface area contributed by atoms with Crippen LogP contribution in [0.15, 0.2) is 12.2 Å². The van der Waals surface area contributed by atoms with Crippen molar-refractivity contribution in [3.8, 4) is 0 Å². The van der Waals surface area contributed by atoms with Gasteiger partial charge >= 0.3 is 5.97 Å². The minimum absolute atomic E-state index is 0.0254. The first-order chi connectivity index (χ1) is 7.34. The zero-order chi connectivity index (χ0) is 12.7. The number of carbonyl (C=O) groups excluding carboxylic acids is 3. The largest absolute Gasteiger partial charge is 0.465 e. The molecule has 4 heteroatoms. The number of ether oxygens (including phenoxy) is 1. The third kappa shape index (κ3) is 6.11. The summed E-state index contributed by atoms with van der Waals surface area (Å²) in [6.07, 6.45) is 0.248. The molecule has 0 aromatic heterocycles. The molecule has 0 N–H and O–H groups in total. The van der Waals surface area contributed by atoms with E-state index in [4.69, 9.17) is 4.74 Å². The lowest BCUT2D eigenvalue weighted by Crippen LogP contribution is -2.16. The average molecular weight is 226 g/mol. The highest BCUT2D eigenvalue weighted by Crippen LogP contribution is 2.09. The van der Waals surface area contributed by atoms with Crippen LogP contribution in [-0.4, -0.2) is 24.1 Å². The van der Waals surface area contributed by atoms with Gasteiger partial charge in [0.1, 0.15) is 12.2 Å². The number of esters is 1. The van der Waals surface area contributed by atoms with Crippen molar-refractivity contribution in [2.45, 2.75) is 33.6 Å². The highest BCUT2D eigenvalue weighted by Gasteiger charge is 2.14. The lowest BCUT2D eigenvalue weighted by Gasteiger charge is -2.10. The molecule has 90 valence electrons. The van der Waals surface area contributed by atoms with Gasteiger partial charge in [-0.1, -0.05) is 13.5 Å². The quantitative estimate of drug-likeness (QED) is 0.376. The first kappa shape index (κ1) is 14.6. The van der Waals surface area contributed by atoms with Gasteiger partial charge in [-0.15, -0.1) is 0 Å². The second kappa shape index (κ2) is 6.93. The molecule has 0 fully saturated rings. The molecular formula is C12H18O4. The van der Waals surface area contributed by atoms with Crippen LogP contribution in [0, 0.1) is 5.92 Å². The highest BCUT2D eigenvalue weighted by atomic mass is 16.5. The summed E-state index contributed by atoms with van der Waals surface area (Å²) in [7, 11) is 0. The smallest absolute Gasteiger partial charge is 0.313 e. The van der Waals surface area contributed by atoms with E-state index in [0.29, 0.717) is 12.0 Å². The van der Waals surface area contributed by atoms with Gasteiger partial charge in [0.2, 0.25) is 0 Å². The summed E-state index contributed by atoms with van der Waals surface area (Å²) >= 11 is 0. The first-order valence-corrected chi connectivity index (χ1v) is 5.19. The van der Waals surface area contributed by atoms with Gasteiger partial charge < -0.3 is 4.74 Å². The Bertz CT molecular complexity index is 304. The normalized spacial score (nSPS) is 11.7. The summed E-state index contributed by atoms with van der Waals surface area (Å²) in [4.78, 5) is 33.0. The highest BCUT2D eigenvalue weighted by molar-refractivity contribution is 5.96. The van der Waals surface area contributed by atoms with Crippen LogP contribution < -0.4 is 0 Å². The van der Waals surface area contributed by atoms with Crippen molar-refractivity contribution in [1.82, 2.24) is 0 Å². The number of hydrogen-bond acceptors (Lipinski definition) is 4. The maximum Gasteiger partial charge on any atom is 0.313 e. The van der Waals surface area contributed by atoms with Crippen LogP contribution in [0.25, 0.3) is 0 Å². The topological polar surface area (TPSA) is 60.4 Å². The second-order valence-electron chi connectivity index (χ2n) is 3.93. The summed E-state index contributed by atoms with van der Waals surface area (Å²) in [6, 6.07) is 0. The van der Waals surface area contributed by atoms with Crippen LogP contribution in [0.2, 0.25) is 0 Å². The van der Waals surface area contributed by atoms with E-state index in [1.54, 1.807) is 13.8 Å². The first-order valence-electron chi connectivity index (χ1n) is 5.19. The van der Waals surface area contributed by atoms with E-state index in [9.17, 15) is 14.4 Å². The van der Waals surface area contributed by atoms with E-state index in [2.05, 4.69) is 6.58 Å². The van der Waals surface area contributed by atoms with Gasteiger partial charge in [-0.3, -0.25) is 14.4 Å². The Morgan fingerprint density at radius 1 is 1.25 bits per heavy atom. The standard InChI is InChI=1S/C12H18O4/c1-8(2)12(15)9(3)5-6-16-11(14)7-10(4)13/h9H,1,5-7H2,2-4H3.